The Hall–Kier alpha value is -3.08. The number of rotatable bonds is 4. The van der Waals surface area contributed by atoms with Crippen LogP contribution < -0.4 is 10.1 Å². The van der Waals surface area contributed by atoms with Gasteiger partial charge in [-0.3, -0.25) is 9.59 Å². The van der Waals surface area contributed by atoms with Gasteiger partial charge in [0.1, 0.15) is 5.75 Å². The Morgan fingerprint density at radius 2 is 1.96 bits per heavy atom. The summed E-state index contributed by atoms with van der Waals surface area (Å²) >= 11 is 0. The highest BCUT2D eigenvalue weighted by Crippen LogP contribution is 2.24. The van der Waals surface area contributed by atoms with E-state index in [0.29, 0.717) is 16.8 Å². The molecule has 5 heteroatoms. The zero-order valence-corrected chi connectivity index (χ0v) is 12.8. The number of ether oxygens (including phenoxy) is 1. The second kappa shape index (κ2) is 5.96. The van der Waals surface area contributed by atoms with Gasteiger partial charge in [-0.2, -0.15) is 0 Å². The number of H-pyrrole nitrogens is 1. The number of benzene rings is 2. The number of anilines is 1. The molecule has 0 spiro atoms. The van der Waals surface area contributed by atoms with Crippen molar-refractivity contribution in [1.29, 1.82) is 0 Å². The fourth-order valence-electron chi connectivity index (χ4n) is 2.43. The van der Waals surface area contributed by atoms with E-state index < -0.39 is 0 Å². The molecule has 1 heterocycles. The van der Waals surface area contributed by atoms with E-state index in [-0.39, 0.29) is 11.7 Å². The van der Waals surface area contributed by atoms with Crippen molar-refractivity contribution in [2.45, 2.75) is 6.92 Å². The molecule has 0 aliphatic rings. The van der Waals surface area contributed by atoms with Gasteiger partial charge in [0.15, 0.2) is 5.78 Å². The minimum Gasteiger partial charge on any atom is -0.497 e. The molecule has 2 aromatic carbocycles. The summed E-state index contributed by atoms with van der Waals surface area (Å²) in [5, 5.41) is 3.63. The molecule has 0 bridgehead atoms. The van der Waals surface area contributed by atoms with Crippen LogP contribution in [0.2, 0.25) is 0 Å². The number of hydrogen-bond donors (Lipinski definition) is 2. The number of nitrogens with one attached hydrogen (secondary N) is 2. The van der Waals surface area contributed by atoms with Crippen molar-refractivity contribution in [3.8, 4) is 5.75 Å². The lowest BCUT2D eigenvalue weighted by Gasteiger charge is -2.06. The van der Waals surface area contributed by atoms with Crippen molar-refractivity contribution in [1.82, 2.24) is 4.98 Å². The predicted octanol–water partition coefficient (Wildman–Crippen LogP) is 3.63. The smallest absolute Gasteiger partial charge is 0.257 e. The summed E-state index contributed by atoms with van der Waals surface area (Å²) < 4.78 is 5.17. The molecule has 0 saturated carbocycles. The van der Waals surface area contributed by atoms with E-state index in [0.717, 1.165) is 16.7 Å². The fourth-order valence-corrected chi connectivity index (χ4v) is 2.43. The van der Waals surface area contributed by atoms with Crippen molar-refractivity contribution in [2.24, 2.45) is 0 Å². The van der Waals surface area contributed by atoms with Gasteiger partial charge in [-0.05, 0) is 31.2 Å². The van der Waals surface area contributed by atoms with Crippen molar-refractivity contribution in [3.05, 3.63) is 59.8 Å². The topological polar surface area (TPSA) is 71.2 Å². The van der Waals surface area contributed by atoms with E-state index in [1.54, 1.807) is 37.6 Å². The van der Waals surface area contributed by atoms with Gasteiger partial charge in [0.25, 0.3) is 5.91 Å². The van der Waals surface area contributed by atoms with Crippen LogP contribution >= 0.6 is 0 Å². The quantitative estimate of drug-likeness (QED) is 0.723. The number of amides is 1. The van der Waals surface area contributed by atoms with E-state index >= 15 is 0 Å². The number of fused-ring (bicyclic) bond motifs is 1. The molecule has 0 saturated heterocycles. The molecule has 1 aromatic heterocycles. The van der Waals surface area contributed by atoms with Crippen LogP contribution in [0.3, 0.4) is 0 Å². The van der Waals surface area contributed by atoms with Crippen molar-refractivity contribution < 1.29 is 14.3 Å². The lowest BCUT2D eigenvalue weighted by atomic mass is 10.1. The maximum atomic E-state index is 12.5. The molecule has 2 N–H and O–H groups in total. The molecule has 0 aliphatic heterocycles. The van der Waals surface area contributed by atoms with Crippen molar-refractivity contribution >= 4 is 28.3 Å². The standard InChI is InChI=1S/C18H16N2O3/c1-11(21)12-4-3-5-13(8-12)20-18(22)16-10-19-17-9-14(23-2)6-7-15(16)17/h3-10,19H,1-2H3,(H,20,22). The van der Waals surface area contributed by atoms with Gasteiger partial charge < -0.3 is 15.0 Å². The zero-order chi connectivity index (χ0) is 16.4. The summed E-state index contributed by atoms with van der Waals surface area (Å²) in [5.41, 5.74) is 2.51. The minimum absolute atomic E-state index is 0.0414. The van der Waals surface area contributed by atoms with Crippen LogP contribution in [0.15, 0.2) is 48.7 Å². The highest BCUT2D eigenvalue weighted by molar-refractivity contribution is 6.13. The fraction of sp³-hybridized carbons (Fsp3) is 0.111. The second-order valence-corrected chi connectivity index (χ2v) is 5.20. The van der Waals surface area contributed by atoms with Gasteiger partial charge >= 0.3 is 0 Å². The van der Waals surface area contributed by atoms with Crippen LogP contribution in [0.4, 0.5) is 5.69 Å². The van der Waals surface area contributed by atoms with Gasteiger partial charge in [-0.15, -0.1) is 0 Å². The highest BCUT2D eigenvalue weighted by atomic mass is 16.5. The Bertz CT molecular complexity index is 896. The van der Waals surface area contributed by atoms with E-state index in [4.69, 9.17) is 4.74 Å². The molecule has 0 unspecified atom stereocenters. The molecule has 0 atom stereocenters. The maximum Gasteiger partial charge on any atom is 0.257 e. The summed E-state index contributed by atoms with van der Waals surface area (Å²) in [7, 11) is 1.60. The first-order chi connectivity index (χ1) is 11.1. The number of Topliss-reactive ketones (excluding diaryl/α,β-unsaturated/α-hetero) is 1. The monoisotopic (exact) mass is 308 g/mol. The summed E-state index contributed by atoms with van der Waals surface area (Å²) in [6.07, 6.45) is 1.66. The Labute approximate surface area is 133 Å². The van der Waals surface area contributed by atoms with Crippen LogP contribution in [-0.2, 0) is 0 Å². The summed E-state index contributed by atoms with van der Waals surface area (Å²) in [6, 6.07) is 12.4. The summed E-state index contributed by atoms with van der Waals surface area (Å²) in [5.74, 6) is 0.447. The third kappa shape index (κ3) is 2.94. The predicted molar refractivity (Wildman–Crippen MR) is 89.3 cm³/mol. The Morgan fingerprint density at radius 1 is 1.13 bits per heavy atom. The van der Waals surface area contributed by atoms with E-state index in [9.17, 15) is 9.59 Å². The van der Waals surface area contributed by atoms with Crippen LogP contribution in [0.5, 0.6) is 5.75 Å². The van der Waals surface area contributed by atoms with Gasteiger partial charge in [-0.25, -0.2) is 0 Å². The first-order valence-electron chi connectivity index (χ1n) is 7.16. The molecule has 0 radical (unpaired) electrons. The normalized spacial score (nSPS) is 10.5. The zero-order valence-electron chi connectivity index (χ0n) is 12.8. The van der Waals surface area contributed by atoms with Crippen LogP contribution in [0.25, 0.3) is 10.9 Å². The Kier molecular flexibility index (Phi) is 3.85. The van der Waals surface area contributed by atoms with Gasteiger partial charge in [0, 0.05) is 34.4 Å². The van der Waals surface area contributed by atoms with E-state index in [1.807, 2.05) is 18.2 Å². The average Bonchev–Trinajstić information content (AvgIpc) is 2.98. The lowest BCUT2D eigenvalue weighted by molar-refractivity contribution is 0.101. The van der Waals surface area contributed by atoms with Crippen LogP contribution in [0, 0.1) is 0 Å². The summed E-state index contributed by atoms with van der Waals surface area (Å²) in [4.78, 5) is 27.0. The minimum atomic E-state index is -0.234. The summed E-state index contributed by atoms with van der Waals surface area (Å²) in [6.45, 7) is 1.49. The molecule has 1 amide bonds. The largest absolute Gasteiger partial charge is 0.497 e. The van der Waals surface area contributed by atoms with E-state index in [2.05, 4.69) is 10.3 Å². The van der Waals surface area contributed by atoms with Gasteiger partial charge in [0.05, 0.1) is 12.7 Å². The molecule has 3 rings (SSSR count). The van der Waals surface area contributed by atoms with Crippen LogP contribution in [-0.4, -0.2) is 23.8 Å². The second-order valence-electron chi connectivity index (χ2n) is 5.20. The van der Waals surface area contributed by atoms with Crippen molar-refractivity contribution in [3.63, 3.8) is 0 Å². The van der Waals surface area contributed by atoms with E-state index in [1.165, 1.54) is 6.92 Å². The number of aromatic amines is 1. The van der Waals surface area contributed by atoms with Gasteiger partial charge in [0.2, 0.25) is 0 Å². The number of hydrogen-bond acceptors (Lipinski definition) is 3. The molecular formula is C18H16N2O3. The molecule has 5 nitrogen and oxygen atoms in total. The first kappa shape index (κ1) is 14.8. The third-order valence-electron chi connectivity index (χ3n) is 3.66. The van der Waals surface area contributed by atoms with Crippen LogP contribution in [0.1, 0.15) is 27.6 Å². The number of carbonyl (C=O) groups is 2. The SMILES string of the molecule is COc1ccc2c(C(=O)Nc3cccc(C(C)=O)c3)c[nH]c2c1. The number of ketones is 1. The Morgan fingerprint density at radius 3 is 2.70 bits per heavy atom. The molecule has 0 aliphatic carbocycles. The lowest BCUT2D eigenvalue weighted by Crippen LogP contribution is -2.11. The number of aromatic nitrogens is 1. The van der Waals surface area contributed by atoms with Gasteiger partial charge in [-0.1, -0.05) is 12.1 Å². The Balaban J connectivity index is 1.89. The van der Waals surface area contributed by atoms with Crippen molar-refractivity contribution in [2.75, 3.05) is 12.4 Å². The average molecular weight is 308 g/mol. The number of carbonyl (C=O) groups excluding carboxylic acids is 2. The maximum absolute atomic E-state index is 12.5. The molecule has 0 fully saturated rings. The molecular weight excluding hydrogens is 292 g/mol. The number of methoxy groups -OCH3 is 1. The highest BCUT2D eigenvalue weighted by Gasteiger charge is 2.13. The third-order valence-corrected chi connectivity index (χ3v) is 3.66. The molecule has 23 heavy (non-hydrogen) atoms. The molecule has 116 valence electrons. The molecule has 3 aromatic rings. The first-order valence-corrected chi connectivity index (χ1v) is 7.16.